The van der Waals surface area contributed by atoms with E-state index in [4.69, 9.17) is 5.73 Å². The molecule has 2 nitrogen and oxygen atoms in total. The SMILES string of the molecule is CC1CCC(C)N1CCN. The van der Waals surface area contributed by atoms with E-state index in [0.29, 0.717) is 0 Å². The monoisotopic (exact) mass is 142 g/mol. The lowest BCUT2D eigenvalue weighted by molar-refractivity contribution is 0.221. The van der Waals surface area contributed by atoms with Crippen LogP contribution in [0.3, 0.4) is 0 Å². The first-order valence-corrected chi connectivity index (χ1v) is 4.21. The van der Waals surface area contributed by atoms with E-state index in [1.807, 2.05) is 0 Å². The van der Waals surface area contributed by atoms with E-state index in [1.165, 1.54) is 12.8 Å². The highest BCUT2D eigenvalue weighted by Gasteiger charge is 2.25. The maximum Gasteiger partial charge on any atom is 0.0110 e. The highest BCUT2D eigenvalue weighted by molar-refractivity contribution is 4.81. The van der Waals surface area contributed by atoms with Gasteiger partial charge in [0.25, 0.3) is 0 Å². The number of likely N-dealkylation sites (tertiary alicyclic amines) is 1. The third-order valence-electron chi connectivity index (χ3n) is 2.52. The zero-order valence-corrected chi connectivity index (χ0v) is 7.01. The largest absolute Gasteiger partial charge is 0.329 e. The minimum Gasteiger partial charge on any atom is -0.329 e. The molecule has 2 heteroatoms. The van der Waals surface area contributed by atoms with Gasteiger partial charge in [-0.15, -0.1) is 0 Å². The average Bonchev–Trinajstić information content (AvgIpc) is 2.20. The summed E-state index contributed by atoms with van der Waals surface area (Å²) in [5, 5.41) is 0. The van der Waals surface area contributed by atoms with Gasteiger partial charge in [-0.25, -0.2) is 0 Å². The molecule has 1 fully saturated rings. The fraction of sp³-hybridized carbons (Fsp3) is 1.00. The topological polar surface area (TPSA) is 29.3 Å². The Morgan fingerprint density at radius 1 is 1.30 bits per heavy atom. The molecule has 0 spiro atoms. The standard InChI is InChI=1S/C8H18N2/c1-7-3-4-8(2)10(7)6-5-9/h7-8H,3-6,9H2,1-2H3. The van der Waals surface area contributed by atoms with Crippen LogP contribution in [0.5, 0.6) is 0 Å². The van der Waals surface area contributed by atoms with Gasteiger partial charge in [0.2, 0.25) is 0 Å². The maximum atomic E-state index is 5.49. The predicted molar refractivity (Wildman–Crippen MR) is 43.9 cm³/mol. The molecule has 2 unspecified atom stereocenters. The highest BCUT2D eigenvalue weighted by Crippen LogP contribution is 2.22. The van der Waals surface area contributed by atoms with E-state index in [1.54, 1.807) is 0 Å². The number of hydrogen-bond acceptors (Lipinski definition) is 2. The lowest BCUT2D eigenvalue weighted by Gasteiger charge is -2.24. The summed E-state index contributed by atoms with van der Waals surface area (Å²) in [6, 6.07) is 1.53. The fourth-order valence-electron chi connectivity index (χ4n) is 1.84. The van der Waals surface area contributed by atoms with Crippen molar-refractivity contribution in [3.05, 3.63) is 0 Å². The second-order valence-corrected chi connectivity index (χ2v) is 3.30. The van der Waals surface area contributed by atoms with Crippen LogP contribution in [0.15, 0.2) is 0 Å². The van der Waals surface area contributed by atoms with E-state index in [0.717, 1.165) is 25.2 Å². The van der Waals surface area contributed by atoms with E-state index >= 15 is 0 Å². The predicted octanol–water partition coefficient (Wildman–Crippen LogP) is 0.818. The van der Waals surface area contributed by atoms with Gasteiger partial charge >= 0.3 is 0 Å². The van der Waals surface area contributed by atoms with E-state index in [2.05, 4.69) is 18.7 Å². The van der Waals surface area contributed by atoms with Crippen molar-refractivity contribution in [2.45, 2.75) is 38.8 Å². The van der Waals surface area contributed by atoms with Crippen LogP contribution in [0, 0.1) is 0 Å². The minimum atomic E-state index is 0.763. The van der Waals surface area contributed by atoms with Crippen molar-refractivity contribution >= 4 is 0 Å². The van der Waals surface area contributed by atoms with Crippen molar-refractivity contribution in [1.29, 1.82) is 0 Å². The molecule has 2 N–H and O–H groups in total. The Kier molecular flexibility index (Phi) is 2.69. The smallest absolute Gasteiger partial charge is 0.0110 e. The Bertz CT molecular complexity index is 93.4. The molecule has 1 heterocycles. The molecular weight excluding hydrogens is 124 g/mol. The van der Waals surface area contributed by atoms with Gasteiger partial charge in [0.05, 0.1) is 0 Å². The number of nitrogens with zero attached hydrogens (tertiary/aromatic N) is 1. The van der Waals surface area contributed by atoms with Crippen molar-refractivity contribution < 1.29 is 0 Å². The molecule has 2 atom stereocenters. The quantitative estimate of drug-likeness (QED) is 0.618. The molecule has 0 aliphatic carbocycles. The molecule has 0 radical (unpaired) electrons. The van der Waals surface area contributed by atoms with E-state index in [-0.39, 0.29) is 0 Å². The van der Waals surface area contributed by atoms with Gasteiger partial charge in [-0.3, -0.25) is 4.90 Å². The second kappa shape index (κ2) is 3.35. The zero-order chi connectivity index (χ0) is 7.56. The molecule has 1 saturated heterocycles. The van der Waals surface area contributed by atoms with Gasteiger partial charge < -0.3 is 5.73 Å². The number of rotatable bonds is 2. The molecule has 0 bridgehead atoms. The van der Waals surface area contributed by atoms with Crippen molar-refractivity contribution in [2.24, 2.45) is 5.73 Å². The van der Waals surface area contributed by atoms with Crippen molar-refractivity contribution in [3.63, 3.8) is 0 Å². The Hall–Kier alpha value is -0.0800. The van der Waals surface area contributed by atoms with Crippen LogP contribution in [0.25, 0.3) is 0 Å². The molecule has 0 amide bonds. The Labute approximate surface area is 63.4 Å². The first-order chi connectivity index (χ1) is 4.75. The molecule has 1 aliphatic rings. The first kappa shape index (κ1) is 8.02. The summed E-state index contributed by atoms with van der Waals surface area (Å²) in [5.41, 5.74) is 5.49. The van der Waals surface area contributed by atoms with Gasteiger partial charge in [0.1, 0.15) is 0 Å². The second-order valence-electron chi connectivity index (χ2n) is 3.30. The van der Waals surface area contributed by atoms with Crippen LogP contribution >= 0.6 is 0 Å². The number of hydrogen-bond donors (Lipinski definition) is 1. The van der Waals surface area contributed by atoms with Crippen LogP contribution in [-0.2, 0) is 0 Å². The zero-order valence-electron chi connectivity index (χ0n) is 7.01. The molecule has 0 aromatic heterocycles. The van der Waals surface area contributed by atoms with E-state index < -0.39 is 0 Å². The summed E-state index contributed by atoms with van der Waals surface area (Å²) < 4.78 is 0. The average molecular weight is 142 g/mol. The van der Waals surface area contributed by atoms with Crippen LogP contribution in [0.1, 0.15) is 26.7 Å². The van der Waals surface area contributed by atoms with Gasteiger partial charge in [0, 0.05) is 25.2 Å². The summed E-state index contributed by atoms with van der Waals surface area (Å²) in [5.74, 6) is 0. The Morgan fingerprint density at radius 2 is 1.80 bits per heavy atom. The van der Waals surface area contributed by atoms with Crippen LogP contribution in [0.2, 0.25) is 0 Å². The van der Waals surface area contributed by atoms with E-state index in [9.17, 15) is 0 Å². The summed E-state index contributed by atoms with van der Waals surface area (Å²) in [6.45, 7) is 6.45. The molecule has 0 aromatic carbocycles. The third-order valence-corrected chi connectivity index (χ3v) is 2.52. The molecule has 1 aliphatic heterocycles. The third kappa shape index (κ3) is 1.50. The lowest BCUT2D eigenvalue weighted by Crippen LogP contribution is -2.36. The lowest BCUT2D eigenvalue weighted by atomic mass is 10.2. The van der Waals surface area contributed by atoms with Gasteiger partial charge in [0.15, 0.2) is 0 Å². The van der Waals surface area contributed by atoms with Crippen LogP contribution in [-0.4, -0.2) is 30.1 Å². The normalized spacial score (nSPS) is 35.1. The molecular formula is C8H18N2. The maximum absolute atomic E-state index is 5.49. The molecule has 0 aromatic rings. The summed E-state index contributed by atoms with van der Waals surface area (Å²) >= 11 is 0. The van der Waals surface area contributed by atoms with Crippen molar-refractivity contribution in [1.82, 2.24) is 4.90 Å². The molecule has 1 rings (SSSR count). The summed E-state index contributed by atoms with van der Waals surface area (Å²) in [4.78, 5) is 2.50. The highest BCUT2D eigenvalue weighted by atomic mass is 15.2. The van der Waals surface area contributed by atoms with Crippen LogP contribution in [0.4, 0.5) is 0 Å². The fourth-order valence-corrected chi connectivity index (χ4v) is 1.84. The van der Waals surface area contributed by atoms with Gasteiger partial charge in [-0.1, -0.05) is 0 Å². The first-order valence-electron chi connectivity index (χ1n) is 4.21. The van der Waals surface area contributed by atoms with Crippen molar-refractivity contribution in [3.8, 4) is 0 Å². The Morgan fingerprint density at radius 3 is 2.20 bits per heavy atom. The molecule has 10 heavy (non-hydrogen) atoms. The summed E-state index contributed by atoms with van der Waals surface area (Å²) in [6.07, 6.45) is 2.70. The van der Waals surface area contributed by atoms with Crippen molar-refractivity contribution in [2.75, 3.05) is 13.1 Å². The Balaban J connectivity index is 2.38. The van der Waals surface area contributed by atoms with Gasteiger partial charge in [-0.05, 0) is 26.7 Å². The molecule has 60 valence electrons. The molecule has 0 saturated carbocycles. The number of nitrogens with two attached hydrogens (primary N) is 1. The van der Waals surface area contributed by atoms with Gasteiger partial charge in [-0.2, -0.15) is 0 Å². The summed E-state index contributed by atoms with van der Waals surface area (Å²) in [7, 11) is 0. The minimum absolute atomic E-state index is 0.763. The van der Waals surface area contributed by atoms with Crippen LogP contribution < -0.4 is 5.73 Å².